The molecular weight excluding hydrogens is 456 g/mol. The Kier molecular flexibility index (Phi) is 7.25. The van der Waals surface area contributed by atoms with Crippen molar-refractivity contribution in [2.24, 2.45) is 5.73 Å². The molecule has 0 aliphatic heterocycles. The normalized spacial score (nSPS) is 10.7. The molecule has 0 bridgehead atoms. The molecular formula is C28H26N4O4. The first-order valence-corrected chi connectivity index (χ1v) is 11.4. The maximum absolute atomic E-state index is 13.2. The number of carboxylic acids is 1. The van der Waals surface area contributed by atoms with Crippen LogP contribution in [0.3, 0.4) is 0 Å². The molecule has 36 heavy (non-hydrogen) atoms. The number of anilines is 2. The number of nitrogens with two attached hydrogens (primary N) is 1. The lowest BCUT2D eigenvalue weighted by molar-refractivity contribution is -0.136. The van der Waals surface area contributed by atoms with Crippen LogP contribution in [0.1, 0.15) is 23.1 Å². The summed E-state index contributed by atoms with van der Waals surface area (Å²) in [5, 5.41) is 8.84. The van der Waals surface area contributed by atoms with E-state index in [1.807, 2.05) is 49.4 Å². The molecule has 182 valence electrons. The van der Waals surface area contributed by atoms with Gasteiger partial charge in [0.15, 0.2) is 0 Å². The van der Waals surface area contributed by atoms with Crippen LogP contribution >= 0.6 is 0 Å². The smallest absolute Gasteiger partial charge is 0.323 e. The topological polar surface area (TPSA) is 119 Å². The molecule has 0 unspecified atom stereocenters. The molecule has 0 saturated carbocycles. The van der Waals surface area contributed by atoms with E-state index in [1.165, 1.54) is 11.1 Å². The highest BCUT2D eigenvalue weighted by molar-refractivity contribution is 5.98. The lowest BCUT2D eigenvalue weighted by atomic mass is 10.1. The number of rotatable bonds is 8. The third-order valence-corrected chi connectivity index (χ3v) is 5.79. The Morgan fingerprint density at radius 1 is 0.972 bits per heavy atom. The van der Waals surface area contributed by atoms with Crippen molar-refractivity contribution in [3.8, 4) is 11.3 Å². The summed E-state index contributed by atoms with van der Waals surface area (Å²) in [5.74, 6) is -0.832. The molecule has 4 aromatic rings. The van der Waals surface area contributed by atoms with Gasteiger partial charge in [-0.25, -0.2) is 4.79 Å². The van der Waals surface area contributed by atoms with Crippen molar-refractivity contribution in [3.05, 3.63) is 112 Å². The average Bonchev–Trinajstić information content (AvgIpc) is 2.85. The summed E-state index contributed by atoms with van der Waals surface area (Å²) in [6.45, 7) is 2.30. The van der Waals surface area contributed by atoms with Crippen LogP contribution in [-0.2, 0) is 17.8 Å². The van der Waals surface area contributed by atoms with Gasteiger partial charge < -0.3 is 15.4 Å². The number of aliphatic carboxylic acids is 1. The van der Waals surface area contributed by atoms with Crippen molar-refractivity contribution in [1.29, 1.82) is 0 Å². The average molecular weight is 483 g/mol. The van der Waals surface area contributed by atoms with Crippen LogP contribution in [0.4, 0.5) is 16.2 Å². The zero-order valence-corrected chi connectivity index (χ0v) is 19.8. The lowest BCUT2D eigenvalue weighted by Gasteiger charge is -2.21. The molecule has 4 rings (SSSR count). The highest BCUT2D eigenvalue weighted by Gasteiger charge is 2.16. The largest absolute Gasteiger partial charge is 0.481 e. The number of hydrogen-bond donors (Lipinski definition) is 2. The number of carbonyl (C=O) groups is 2. The third-order valence-electron chi connectivity index (χ3n) is 5.79. The van der Waals surface area contributed by atoms with Crippen LogP contribution in [0.15, 0.2) is 90.0 Å². The minimum atomic E-state index is -0.832. The Morgan fingerprint density at radius 3 is 2.36 bits per heavy atom. The number of nitrogens with zero attached hydrogens (tertiary/aromatic N) is 3. The van der Waals surface area contributed by atoms with Gasteiger partial charge in [0.1, 0.15) is 0 Å². The quantitative estimate of drug-likeness (QED) is 0.383. The minimum absolute atomic E-state index is 0.0782. The van der Waals surface area contributed by atoms with E-state index in [0.717, 1.165) is 16.7 Å². The van der Waals surface area contributed by atoms with Crippen LogP contribution in [-0.4, -0.2) is 26.7 Å². The van der Waals surface area contributed by atoms with Crippen molar-refractivity contribution < 1.29 is 14.7 Å². The molecule has 3 N–H and O–H groups in total. The Morgan fingerprint density at radius 2 is 1.72 bits per heavy atom. The van der Waals surface area contributed by atoms with Gasteiger partial charge in [0.2, 0.25) is 0 Å². The molecule has 8 heteroatoms. The molecule has 0 fully saturated rings. The van der Waals surface area contributed by atoms with Gasteiger partial charge in [0.25, 0.3) is 5.56 Å². The van der Waals surface area contributed by atoms with Crippen molar-refractivity contribution in [2.75, 3.05) is 4.90 Å². The maximum Gasteiger partial charge on any atom is 0.323 e. The van der Waals surface area contributed by atoms with Crippen LogP contribution in [0.2, 0.25) is 0 Å². The van der Waals surface area contributed by atoms with Crippen LogP contribution in [0.5, 0.6) is 0 Å². The molecule has 0 saturated heterocycles. The zero-order chi connectivity index (χ0) is 25.7. The fraction of sp³-hybridized carbons (Fsp3) is 0.143. The van der Waals surface area contributed by atoms with Gasteiger partial charge in [0, 0.05) is 12.6 Å². The van der Waals surface area contributed by atoms with Gasteiger partial charge in [-0.05, 0) is 66.4 Å². The summed E-state index contributed by atoms with van der Waals surface area (Å²) in [4.78, 5) is 41.9. The molecule has 0 atom stereocenters. The molecule has 0 spiro atoms. The van der Waals surface area contributed by atoms with E-state index in [4.69, 9.17) is 10.8 Å². The zero-order valence-electron chi connectivity index (χ0n) is 19.8. The Bertz CT molecular complexity index is 1440. The number of benzene rings is 2. The van der Waals surface area contributed by atoms with E-state index in [0.29, 0.717) is 35.6 Å². The summed E-state index contributed by atoms with van der Waals surface area (Å²) >= 11 is 0. The Hall–Kier alpha value is -4.72. The number of aryl methyl sites for hydroxylation is 2. The minimum Gasteiger partial charge on any atom is -0.481 e. The molecule has 8 nitrogen and oxygen atoms in total. The second-order valence-corrected chi connectivity index (χ2v) is 8.48. The van der Waals surface area contributed by atoms with E-state index in [2.05, 4.69) is 4.98 Å². The van der Waals surface area contributed by atoms with Gasteiger partial charge in [0.05, 0.1) is 35.4 Å². The monoisotopic (exact) mass is 482 g/mol. The number of aromatic nitrogens is 2. The molecule has 2 aromatic carbocycles. The van der Waals surface area contributed by atoms with Gasteiger partial charge in [-0.15, -0.1) is 0 Å². The first kappa shape index (κ1) is 24.4. The first-order valence-electron chi connectivity index (χ1n) is 11.4. The summed E-state index contributed by atoms with van der Waals surface area (Å²) in [5.41, 5.74) is 10.3. The number of amides is 2. The van der Waals surface area contributed by atoms with Crippen LogP contribution in [0.25, 0.3) is 11.3 Å². The number of pyridine rings is 2. The van der Waals surface area contributed by atoms with Crippen LogP contribution < -0.4 is 16.2 Å². The van der Waals surface area contributed by atoms with E-state index in [9.17, 15) is 14.4 Å². The fourth-order valence-corrected chi connectivity index (χ4v) is 3.96. The van der Waals surface area contributed by atoms with Crippen molar-refractivity contribution >= 4 is 23.4 Å². The third kappa shape index (κ3) is 5.67. The molecule has 2 amide bonds. The number of primary amides is 1. The maximum atomic E-state index is 13.2. The predicted molar refractivity (Wildman–Crippen MR) is 138 cm³/mol. The van der Waals surface area contributed by atoms with Crippen molar-refractivity contribution in [1.82, 2.24) is 9.55 Å². The van der Waals surface area contributed by atoms with Gasteiger partial charge >= 0.3 is 12.0 Å². The predicted octanol–water partition coefficient (Wildman–Crippen LogP) is 4.50. The number of carbonyl (C=O) groups excluding carboxylic acids is 1. The molecule has 0 aliphatic rings. The van der Waals surface area contributed by atoms with E-state index >= 15 is 0 Å². The van der Waals surface area contributed by atoms with Crippen LogP contribution in [0, 0.1) is 6.92 Å². The fourth-order valence-electron chi connectivity index (χ4n) is 3.96. The van der Waals surface area contributed by atoms with Crippen molar-refractivity contribution in [2.45, 2.75) is 26.3 Å². The number of urea groups is 1. The number of carboxylic acid groups (broad SMARTS) is 1. The van der Waals surface area contributed by atoms with Gasteiger partial charge in [-0.1, -0.05) is 36.4 Å². The first-order chi connectivity index (χ1) is 17.3. The molecule has 0 radical (unpaired) electrons. The van der Waals surface area contributed by atoms with E-state index < -0.39 is 12.0 Å². The second-order valence-electron chi connectivity index (χ2n) is 8.48. The molecule has 2 heterocycles. The lowest BCUT2D eigenvalue weighted by Crippen LogP contribution is -2.31. The van der Waals surface area contributed by atoms with Gasteiger partial charge in [-0.3, -0.25) is 19.5 Å². The standard InChI is InChI=1S/C28H26N4O4/c1-19-4-2-5-22(16-19)32(28(29)36)23-12-13-25(30-17-23)24-6-3-15-31(27(24)35)18-21-9-7-20(8-10-21)11-14-26(33)34/h2-10,12-13,15-17H,11,14,18H2,1H3,(H2,29,36)(H,33,34). The Balaban J connectivity index is 1.56. The summed E-state index contributed by atoms with van der Waals surface area (Å²) < 4.78 is 1.60. The highest BCUT2D eigenvalue weighted by atomic mass is 16.4. The summed E-state index contributed by atoms with van der Waals surface area (Å²) in [6.07, 6.45) is 3.78. The number of hydrogen-bond acceptors (Lipinski definition) is 4. The highest BCUT2D eigenvalue weighted by Crippen LogP contribution is 2.26. The van der Waals surface area contributed by atoms with E-state index in [-0.39, 0.29) is 12.0 Å². The van der Waals surface area contributed by atoms with Gasteiger partial charge in [-0.2, -0.15) is 0 Å². The molecule has 2 aromatic heterocycles. The van der Waals surface area contributed by atoms with Crippen molar-refractivity contribution in [3.63, 3.8) is 0 Å². The molecule has 0 aliphatic carbocycles. The Labute approximate surface area is 208 Å². The summed E-state index contributed by atoms with van der Waals surface area (Å²) in [6, 6.07) is 21.2. The second kappa shape index (κ2) is 10.7. The van der Waals surface area contributed by atoms with E-state index in [1.54, 1.807) is 41.1 Å². The SMILES string of the molecule is Cc1cccc(N(C(N)=O)c2ccc(-c3cccn(Cc4ccc(CCC(=O)O)cc4)c3=O)nc2)c1. The summed E-state index contributed by atoms with van der Waals surface area (Å²) in [7, 11) is 0.